The van der Waals surface area contributed by atoms with Gasteiger partial charge in [0.15, 0.2) is 0 Å². The summed E-state index contributed by atoms with van der Waals surface area (Å²) in [6.45, 7) is 0. The Morgan fingerprint density at radius 2 is 0.708 bits per heavy atom. The topological polar surface area (TPSA) is 44.2 Å². The van der Waals surface area contributed by atoms with Gasteiger partial charge in [-0.2, -0.15) is 0 Å². The highest BCUT2D eigenvalue weighted by Gasteiger charge is 2.15. The second-order valence-electron chi connectivity index (χ2n) is 11.1. The largest absolute Gasteiger partial charge is 0.456 e. The van der Waals surface area contributed by atoms with E-state index >= 15 is 0 Å². The van der Waals surface area contributed by atoms with E-state index < -0.39 is 0 Å². The van der Waals surface area contributed by atoms with Crippen LogP contribution in [0.3, 0.4) is 0 Å². The molecule has 2 aliphatic rings. The Balaban J connectivity index is 1.11. The van der Waals surface area contributed by atoms with Gasteiger partial charge in [-0.3, -0.25) is 0 Å². The maximum atomic E-state index is 6.32. The van der Waals surface area contributed by atoms with Crippen molar-refractivity contribution in [3.05, 3.63) is 227 Å². The van der Waals surface area contributed by atoms with Crippen molar-refractivity contribution in [1.82, 2.24) is 9.97 Å². The molecule has 1 aromatic heterocycles. The molecule has 3 heterocycles. The lowest BCUT2D eigenvalue weighted by Crippen LogP contribution is -1.99. The quantitative estimate of drug-likeness (QED) is 0.173. The average molecular weight is 621 g/mol. The van der Waals surface area contributed by atoms with Crippen LogP contribution in [0.5, 0.6) is 0 Å². The van der Waals surface area contributed by atoms with Gasteiger partial charge >= 0.3 is 0 Å². The van der Waals surface area contributed by atoms with Gasteiger partial charge in [-0.05, 0) is 53.7 Å². The van der Waals surface area contributed by atoms with E-state index in [2.05, 4.69) is 95.0 Å². The Morgan fingerprint density at radius 3 is 1.02 bits per heavy atom. The van der Waals surface area contributed by atoms with Crippen LogP contribution in [-0.2, 0) is 9.47 Å². The van der Waals surface area contributed by atoms with Crippen LogP contribution in [0.25, 0.3) is 35.2 Å². The van der Waals surface area contributed by atoms with Crippen molar-refractivity contribution in [3.63, 3.8) is 0 Å². The van der Waals surface area contributed by atoms with Gasteiger partial charge in [0, 0.05) is 22.3 Å². The van der Waals surface area contributed by atoms with Crippen LogP contribution in [-0.4, -0.2) is 9.97 Å². The molecule has 0 fully saturated rings. The summed E-state index contributed by atoms with van der Waals surface area (Å²) in [6, 6.07) is 42.5. The number of ether oxygens (including phenoxy) is 2. The minimum Gasteiger partial charge on any atom is -0.456 e. The van der Waals surface area contributed by atoms with Gasteiger partial charge in [-0.25, -0.2) is 9.97 Å². The molecule has 0 saturated heterocycles. The molecule has 4 nitrogen and oxygen atoms in total. The van der Waals surface area contributed by atoms with Crippen molar-refractivity contribution >= 4 is 35.2 Å². The summed E-state index contributed by atoms with van der Waals surface area (Å²) in [7, 11) is 0. The Bertz CT molecular complexity index is 1870. The van der Waals surface area contributed by atoms with E-state index in [0.717, 1.165) is 67.8 Å². The summed E-state index contributed by atoms with van der Waals surface area (Å²) in [5.74, 6) is 3.23. The minimum atomic E-state index is 0.807. The third-order valence-electron chi connectivity index (χ3n) is 7.68. The van der Waals surface area contributed by atoms with E-state index in [1.807, 2.05) is 103 Å². The molecule has 0 amide bonds. The van der Waals surface area contributed by atoms with Crippen LogP contribution >= 0.6 is 0 Å². The third-order valence-corrected chi connectivity index (χ3v) is 7.68. The fourth-order valence-corrected chi connectivity index (χ4v) is 5.30. The molecule has 5 aromatic rings. The number of hydrogen-bond acceptors (Lipinski definition) is 4. The van der Waals surface area contributed by atoms with Gasteiger partial charge in [0.1, 0.15) is 29.4 Å². The van der Waals surface area contributed by atoms with Crippen molar-refractivity contribution in [3.8, 4) is 0 Å². The number of allylic oxidation sites excluding steroid dienone is 10. The van der Waals surface area contributed by atoms with Crippen LogP contribution in [0.2, 0.25) is 0 Å². The molecule has 4 heteroatoms. The van der Waals surface area contributed by atoms with Crippen molar-refractivity contribution < 1.29 is 9.47 Å². The summed E-state index contributed by atoms with van der Waals surface area (Å²) in [4.78, 5) is 8.93. The number of rotatable bonds is 8. The molecule has 7 rings (SSSR count). The minimum absolute atomic E-state index is 0.807. The lowest BCUT2D eigenvalue weighted by molar-refractivity contribution is 0.466. The highest BCUT2D eigenvalue weighted by atomic mass is 16.5. The van der Waals surface area contributed by atoms with E-state index in [1.54, 1.807) is 6.33 Å². The summed E-state index contributed by atoms with van der Waals surface area (Å²) >= 11 is 0. The van der Waals surface area contributed by atoms with E-state index in [0.29, 0.717) is 0 Å². The molecular weight excluding hydrogens is 588 g/mol. The molecule has 0 aliphatic carbocycles. The van der Waals surface area contributed by atoms with Gasteiger partial charge in [0.05, 0.1) is 11.4 Å². The first-order chi connectivity index (χ1) is 23.8. The van der Waals surface area contributed by atoms with E-state index in [9.17, 15) is 0 Å². The Morgan fingerprint density at radius 1 is 0.396 bits per heavy atom. The average Bonchev–Trinajstić information content (AvgIpc) is 3.16. The van der Waals surface area contributed by atoms with E-state index in [4.69, 9.17) is 9.47 Å². The molecule has 0 N–H and O–H groups in total. The van der Waals surface area contributed by atoms with Gasteiger partial charge in [0.25, 0.3) is 0 Å². The van der Waals surface area contributed by atoms with Crippen molar-refractivity contribution in [2.24, 2.45) is 0 Å². The fourth-order valence-electron chi connectivity index (χ4n) is 5.30. The van der Waals surface area contributed by atoms with Crippen LogP contribution in [0, 0.1) is 0 Å². The summed E-state index contributed by atoms with van der Waals surface area (Å²) < 4.78 is 12.6. The first kappa shape index (κ1) is 30.2. The number of hydrogen-bond donors (Lipinski definition) is 0. The Labute approximate surface area is 281 Å². The maximum absolute atomic E-state index is 6.32. The molecule has 48 heavy (non-hydrogen) atoms. The SMILES string of the molecule is C(/C=C/c1cc(/C=C/C=C2C=C(c3ccccc3)OC(c3ccccc3)=C2)ncn1)=C1C=C(c2ccccc2)OC(c2ccccc2)=C1. The summed E-state index contributed by atoms with van der Waals surface area (Å²) in [5.41, 5.74) is 7.77. The van der Waals surface area contributed by atoms with E-state index in [-0.39, 0.29) is 0 Å². The summed E-state index contributed by atoms with van der Waals surface area (Å²) in [5, 5.41) is 0. The first-order valence-electron chi connectivity index (χ1n) is 15.8. The summed E-state index contributed by atoms with van der Waals surface area (Å²) in [6.07, 6.45) is 21.9. The predicted octanol–water partition coefficient (Wildman–Crippen LogP) is 10.6. The van der Waals surface area contributed by atoms with Crippen molar-refractivity contribution in [1.29, 1.82) is 0 Å². The lowest BCUT2D eigenvalue weighted by Gasteiger charge is -2.18. The lowest BCUT2D eigenvalue weighted by atomic mass is 10.0. The fraction of sp³-hybridized carbons (Fsp3) is 0. The zero-order valence-electron chi connectivity index (χ0n) is 26.2. The van der Waals surface area contributed by atoms with Crippen LogP contribution in [0.1, 0.15) is 33.6 Å². The van der Waals surface area contributed by atoms with Crippen molar-refractivity contribution in [2.75, 3.05) is 0 Å². The van der Waals surface area contributed by atoms with Gasteiger partial charge in [-0.1, -0.05) is 146 Å². The highest BCUT2D eigenvalue weighted by molar-refractivity contribution is 5.79. The molecule has 4 aromatic carbocycles. The zero-order valence-corrected chi connectivity index (χ0v) is 26.2. The molecule has 230 valence electrons. The van der Waals surface area contributed by atoms with Crippen LogP contribution < -0.4 is 0 Å². The molecule has 0 unspecified atom stereocenters. The molecular formula is C44H32N2O2. The highest BCUT2D eigenvalue weighted by Crippen LogP contribution is 2.33. The second kappa shape index (κ2) is 14.7. The number of nitrogens with zero attached hydrogens (tertiary/aromatic N) is 2. The normalized spacial score (nSPS) is 14.4. The smallest absolute Gasteiger partial charge is 0.135 e. The molecule has 0 bridgehead atoms. The predicted molar refractivity (Wildman–Crippen MR) is 196 cm³/mol. The van der Waals surface area contributed by atoms with Gasteiger partial charge in [-0.15, -0.1) is 0 Å². The van der Waals surface area contributed by atoms with Gasteiger partial charge in [0.2, 0.25) is 0 Å². The van der Waals surface area contributed by atoms with E-state index in [1.165, 1.54) is 0 Å². The van der Waals surface area contributed by atoms with Gasteiger partial charge < -0.3 is 9.47 Å². The number of aromatic nitrogens is 2. The number of benzene rings is 4. The first-order valence-corrected chi connectivity index (χ1v) is 15.8. The monoisotopic (exact) mass is 620 g/mol. The van der Waals surface area contributed by atoms with Crippen molar-refractivity contribution in [2.45, 2.75) is 0 Å². The zero-order chi connectivity index (χ0) is 32.4. The van der Waals surface area contributed by atoms with Crippen LogP contribution in [0.4, 0.5) is 0 Å². The maximum Gasteiger partial charge on any atom is 0.135 e. The molecule has 2 aliphatic heterocycles. The second-order valence-corrected chi connectivity index (χ2v) is 11.1. The molecule has 0 saturated carbocycles. The molecule has 0 spiro atoms. The standard InChI is InChI=1S/C44H32N2O2/c1-5-17-35(18-6-1)41-27-33(28-42(47-41)36-19-7-2-8-20-36)15-13-25-39-31-40(46-32-45-39)26-14-16-34-29-43(37-21-9-3-10-22-37)48-44(30-34)38-23-11-4-12-24-38/h1-32H/b25-13+,26-14+. The third kappa shape index (κ3) is 7.64. The molecule has 0 radical (unpaired) electrons. The van der Waals surface area contributed by atoms with Crippen LogP contribution in [0.15, 0.2) is 193 Å². The Kier molecular flexibility index (Phi) is 9.24. The molecule has 0 atom stereocenters. The Hall–Kier alpha value is -6.52.